The van der Waals surface area contributed by atoms with Gasteiger partial charge in [0.15, 0.2) is 0 Å². The van der Waals surface area contributed by atoms with E-state index in [-0.39, 0.29) is 5.92 Å². The number of aryl methyl sites for hydroxylation is 2. The van der Waals surface area contributed by atoms with E-state index in [2.05, 4.69) is 19.1 Å². The highest BCUT2D eigenvalue weighted by Gasteiger charge is 2.21. The van der Waals surface area contributed by atoms with Crippen molar-refractivity contribution in [3.05, 3.63) is 35.4 Å². The van der Waals surface area contributed by atoms with Crippen molar-refractivity contribution >= 4 is 5.78 Å². The molecule has 2 rings (SSSR count). The van der Waals surface area contributed by atoms with Gasteiger partial charge in [-0.3, -0.25) is 4.79 Å². The Labute approximate surface area is 103 Å². The Bertz CT molecular complexity index is 378. The molecule has 1 aromatic carbocycles. The monoisotopic (exact) mass is 232 g/mol. The van der Waals surface area contributed by atoms with Crippen LogP contribution in [0.1, 0.15) is 30.4 Å². The molecule has 1 aliphatic rings. The SMILES string of the molecule is Cc1ccccc1CCC(=O)C1CCCOC1. The predicted octanol–water partition coefficient (Wildman–Crippen LogP) is 2.92. The van der Waals surface area contributed by atoms with Gasteiger partial charge in [-0.1, -0.05) is 24.3 Å². The molecule has 2 heteroatoms. The lowest BCUT2D eigenvalue weighted by atomic mass is 9.92. The summed E-state index contributed by atoms with van der Waals surface area (Å²) in [6, 6.07) is 8.29. The summed E-state index contributed by atoms with van der Waals surface area (Å²) in [5, 5.41) is 0. The van der Waals surface area contributed by atoms with Gasteiger partial charge >= 0.3 is 0 Å². The smallest absolute Gasteiger partial charge is 0.138 e. The molecule has 0 N–H and O–H groups in total. The molecule has 0 aliphatic carbocycles. The van der Waals surface area contributed by atoms with Crippen LogP contribution in [0, 0.1) is 12.8 Å². The van der Waals surface area contributed by atoms with Gasteiger partial charge in [0, 0.05) is 18.9 Å². The number of carbonyl (C=O) groups is 1. The standard InChI is InChI=1S/C15H20O2/c1-12-5-2-3-6-13(12)8-9-15(16)14-7-4-10-17-11-14/h2-3,5-6,14H,4,7-11H2,1H3. The number of Topliss-reactive ketones (excluding diaryl/α,β-unsaturated/α-hetero) is 1. The summed E-state index contributed by atoms with van der Waals surface area (Å²) >= 11 is 0. The van der Waals surface area contributed by atoms with Crippen molar-refractivity contribution in [2.75, 3.05) is 13.2 Å². The summed E-state index contributed by atoms with van der Waals surface area (Å²) < 4.78 is 5.36. The maximum Gasteiger partial charge on any atom is 0.138 e. The number of ether oxygens (including phenoxy) is 1. The Kier molecular flexibility index (Phi) is 4.32. The molecule has 0 saturated carbocycles. The number of hydrogen-bond acceptors (Lipinski definition) is 2. The number of rotatable bonds is 4. The minimum Gasteiger partial charge on any atom is -0.381 e. The van der Waals surface area contributed by atoms with Gasteiger partial charge in [0.05, 0.1) is 6.61 Å². The van der Waals surface area contributed by atoms with Crippen LogP contribution in [0.15, 0.2) is 24.3 Å². The highest BCUT2D eigenvalue weighted by atomic mass is 16.5. The van der Waals surface area contributed by atoms with Gasteiger partial charge in [-0.05, 0) is 37.3 Å². The quantitative estimate of drug-likeness (QED) is 0.798. The highest BCUT2D eigenvalue weighted by molar-refractivity contribution is 5.81. The average molecular weight is 232 g/mol. The first kappa shape index (κ1) is 12.3. The van der Waals surface area contributed by atoms with Crippen molar-refractivity contribution in [1.82, 2.24) is 0 Å². The normalized spacial score (nSPS) is 20.2. The predicted molar refractivity (Wildman–Crippen MR) is 68.1 cm³/mol. The summed E-state index contributed by atoms with van der Waals surface area (Å²) in [5.41, 5.74) is 2.57. The fourth-order valence-electron chi connectivity index (χ4n) is 2.35. The molecule has 1 aliphatic heterocycles. The third kappa shape index (κ3) is 3.40. The zero-order valence-corrected chi connectivity index (χ0v) is 10.4. The number of carbonyl (C=O) groups excluding carboxylic acids is 1. The number of hydrogen-bond donors (Lipinski definition) is 0. The van der Waals surface area contributed by atoms with Gasteiger partial charge in [0.1, 0.15) is 5.78 Å². The lowest BCUT2D eigenvalue weighted by Gasteiger charge is -2.20. The van der Waals surface area contributed by atoms with Crippen LogP contribution in [-0.4, -0.2) is 19.0 Å². The minimum absolute atomic E-state index is 0.146. The van der Waals surface area contributed by atoms with Gasteiger partial charge in [0.25, 0.3) is 0 Å². The van der Waals surface area contributed by atoms with Gasteiger partial charge in [-0.15, -0.1) is 0 Å². The van der Waals surface area contributed by atoms with Crippen molar-refractivity contribution < 1.29 is 9.53 Å². The average Bonchev–Trinajstić information content (AvgIpc) is 2.38. The van der Waals surface area contributed by atoms with E-state index in [0.29, 0.717) is 18.8 Å². The summed E-state index contributed by atoms with van der Waals surface area (Å²) in [7, 11) is 0. The molecule has 2 nitrogen and oxygen atoms in total. The second-order valence-corrected chi connectivity index (χ2v) is 4.81. The second kappa shape index (κ2) is 5.97. The van der Waals surface area contributed by atoms with Crippen LogP contribution in [0.25, 0.3) is 0 Å². The first-order valence-corrected chi connectivity index (χ1v) is 6.42. The van der Waals surface area contributed by atoms with Crippen molar-refractivity contribution in [1.29, 1.82) is 0 Å². The molecule has 1 heterocycles. The molecular weight excluding hydrogens is 212 g/mol. The molecule has 0 bridgehead atoms. The molecule has 0 amide bonds. The maximum atomic E-state index is 12.0. The fraction of sp³-hybridized carbons (Fsp3) is 0.533. The molecule has 1 unspecified atom stereocenters. The second-order valence-electron chi connectivity index (χ2n) is 4.81. The Balaban J connectivity index is 1.85. The molecule has 0 spiro atoms. The lowest BCUT2D eigenvalue weighted by molar-refractivity contribution is -0.126. The van der Waals surface area contributed by atoms with E-state index in [4.69, 9.17) is 4.74 Å². The maximum absolute atomic E-state index is 12.0. The minimum atomic E-state index is 0.146. The Morgan fingerprint density at radius 3 is 2.94 bits per heavy atom. The fourth-order valence-corrected chi connectivity index (χ4v) is 2.35. The Hall–Kier alpha value is -1.15. The van der Waals surface area contributed by atoms with E-state index in [1.807, 2.05) is 12.1 Å². The summed E-state index contributed by atoms with van der Waals surface area (Å²) in [4.78, 5) is 12.0. The van der Waals surface area contributed by atoms with Crippen molar-refractivity contribution in [3.63, 3.8) is 0 Å². The molecule has 1 fully saturated rings. The van der Waals surface area contributed by atoms with Crippen LogP contribution < -0.4 is 0 Å². The first-order chi connectivity index (χ1) is 8.27. The molecular formula is C15H20O2. The van der Waals surface area contributed by atoms with Crippen LogP contribution in [0.3, 0.4) is 0 Å². The zero-order valence-electron chi connectivity index (χ0n) is 10.4. The molecule has 1 aromatic rings. The van der Waals surface area contributed by atoms with E-state index >= 15 is 0 Å². The lowest BCUT2D eigenvalue weighted by Crippen LogP contribution is -2.25. The van der Waals surface area contributed by atoms with Crippen LogP contribution in [0.2, 0.25) is 0 Å². The summed E-state index contributed by atoms with van der Waals surface area (Å²) in [6.07, 6.45) is 3.55. The van der Waals surface area contributed by atoms with Gasteiger partial charge in [-0.25, -0.2) is 0 Å². The molecule has 17 heavy (non-hydrogen) atoms. The topological polar surface area (TPSA) is 26.3 Å². The summed E-state index contributed by atoms with van der Waals surface area (Å²) in [6.45, 7) is 3.55. The Morgan fingerprint density at radius 1 is 1.41 bits per heavy atom. The zero-order chi connectivity index (χ0) is 12.1. The molecule has 1 atom stereocenters. The van der Waals surface area contributed by atoms with Crippen LogP contribution in [0.5, 0.6) is 0 Å². The van der Waals surface area contributed by atoms with Gasteiger partial charge < -0.3 is 4.74 Å². The number of benzene rings is 1. The van der Waals surface area contributed by atoms with Crippen molar-refractivity contribution in [3.8, 4) is 0 Å². The van der Waals surface area contributed by atoms with Crippen molar-refractivity contribution in [2.24, 2.45) is 5.92 Å². The van der Waals surface area contributed by atoms with Crippen LogP contribution >= 0.6 is 0 Å². The molecule has 0 aromatic heterocycles. The van der Waals surface area contributed by atoms with Crippen LogP contribution in [0.4, 0.5) is 0 Å². The first-order valence-electron chi connectivity index (χ1n) is 6.42. The van der Waals surface area contributed by atoms with Gasteiger partial charge in [-0.2, -0.15) is 0 Å². The van der Waals surface area contributed by atoms with E-state index in [1.54, 1.807) is 0 Å². The van der Waals surface area contributed by atoms with E-state index in [0.717, 1.165) is 25.9 Å². The third-order valence-electron chi connectivity index (χ3n) is 3.52. The number of ketones is 1. The highest BCUT2D eigenvalue weighted by Crippen LogP contribution is 2.18. The molecule has 0 radical (unpaired) electrons. The third-order valence-corrected chi connectivity index (χ3v) is 3.52. The molecule has 92 valence electrons. The largest absolute Gasteiger partial charge is 0.381 e. The van der Waals surface area contributed by atoms with Gasteiger partial charge in [0.2, 0.25) is 0 Å². The van der Waals surface area contributed by atoms with Crippen molar-refractivity contribution in [2.45, 2.75) is 32.6 Å². The molecule has 1 saturated heterocycles. The van der Waals surface area contributed by atoms with E-state index < -0.39 is 0 Å². The van der Waals surface area contributed by atoms with Crippen LogP contribution in [-0.2, 0) is 16.0 Å². The van der Waals surface area contributed by atoms with E-state index in [9.17, 15) is 4.79 Å². The summed E-state index contributed by atoms with van der Waals surface area (Å²) in [5.74, 6) is 0.515. The Morgan fingerprint density at radius 2 is 2.24 bits per heavy atom. The van der Waals surface area contributed by atoms with E-state index in [1.165, 1.54) is 11.1 Å².